The summed E-state index contributed by atoms with van der Waals surface area (Å²) in [7, 11) is 0. The van der Waals surface area contributed by atoms with Crippen LogP contribution in [0, 0.1) is 6.92 Å². The van der Waals surface area contributed by atoms with E-state index in [1.54, 1.807) is 19.1 Å². The van der Waals surface area contributed by atoms with Crippen molar-refractivity contribution in [2.45, 2.75) is 39.5 Å². The molecule has 7 nitrogen and oxygen atoms in total. The van der Waals surface area contributed by atoms with Crippen molar-refractivity contribution >= 4 is 11.8 Å². The first-order chi connectivity index (χ1) is 15.4. The van der Waals surface area contributed by atoms with Crippen molar-refractivity contribution in [3.8, 4) is 11.5 Å². The van der Waals surface area contributed by atoms with Crippen molar-refractivity contribution < 1.29 is 18.7 Å². The molecular formula is C25H27N3O4. The minimum absolute atomic E-state index is 0.00533. The monoisotopic (exact) mass is 433 g/mol. The smallest absolute Gasteiger partial charge is 0.273 e. The van der Waals surface area contributed by atoms with Crippen LogP contribution in [-0.4, -0.2) is 47.0 Å². The molecule has 3 aromatic rings. The second-order valence-electron chi connectivity index (χ2n) is 8.14. The Labute approximate surface area is 187 Å². The number of ether oxygens (including phenoxy) is 1. The van der Waals surface area contributed by atoms with Crippen LogP contribution in [-0.2, 0) is 11.3 Å². The third-order valence-corrected chi connectivity index (χ3v) is 5.39. The minimum Gasteiger partial charge on any atom is -0.441 e. The van der Waals surface area contributed by atoms with Gasteiger partial charge >= 0.3 is 0 Å². The zero-order chi connectivity index (χ0) is 22.7. The predicted molar refractivity (Wildman–Crippen MR) is 120 cm³/mol. The highest BCUT2D eigenvalue weighted by Gasteiger charge is 2.26. The van der Waals surface area contributed by atoms with Gasteiger partial charge in [-0.05, 0) is 50.6 Å². The van der Waals surface area contributed by atoms with E-state index in [1.807, 2.05) is 61.2 Å². The number of nitrogens with zero attached hydrogens (tertiary/aromatic N) is 2. The fraction of sp³-hybridized carbons (Fsp3) is 0.320. The van der Waals surface area contributed by atoms with E-state index in [4.69, 9.17) is 9.15 Å². The number of carbonyl (C=O) groups is 2. The third-order valence-electron chi connectivity index (χ3n) is 5.39. The number of nitrogens with one attached hydrogen (secondary N) is 1. The number of benzene rings is 2. The number of aromatic nitrogens is 1. The van der Waals surface area contributed by atoms with Gasteiger partial charge in [-0.25, -0.2) is 4.98 Å². The Morgan fingerprint density at radius 2 is 1.69 bits per heavy atom. The molecule has 2 amide bonds. The molecule has 1 fully saturated rings. The van der Waals surface area contributed by atoms with Crippen LogP contribution in [0.3, 0.4) is 0 Å². The summed E-state index contributed by atoms with van der Waals surface area (Å²) in [6, 6.07) is 16.8. The maximum atomic E-state index is 12.8. The molecule has 1 aliphatic heterocycles. The first-order valence-electron chi connectivity index (χ1n) is 10.8. The first kappa shape index (κ1) is 21.8. The summed E-state index contributed by atoms with van der Waals surface area (Å²) < 4.78 is 11.4. The lowest BCUT2D eigenvalue weighted by Gasteiger charge is -2.35. The summed E-state index contributed by atoms with van der Waals surface area (Å²) in [5.41, 5.74) is 2.61. The molecular weight excluding hydrogens is 406 g/mol. The summed E-state index contributed by atoms with van der Waals surface area (Å²) >= 11 is 0. The molecule has 1 aromatic heterocycles. The first-order valence-corrected chi connectivity index (χ1v) is 10.8. The zero-order valence-electron chi connectivity index (χ0n) is 18.5. The Hall–Kier alpha value is -3.45. The maximum absolute atomic E-state index is 12.8. The Bertz CT molecular complexity index is 1080. The molecule has 0 spiro atoms. The maximum Gasteiger partial charge on any atom is 0.273 e. The van der Waals surface area contributed by atoms with Gasteiger partial charge < -0.3 is 19.4 Å². The molecule has 2 unspecified atom stereocenters. The summed E-state index contributed by atoms with van der Waals surface area (Å²) in [5, 5.41) is 2.87. The minimum atomic E-state index is -0.301. The van der Waals surface area contributed by atoms with Crippen LogP contribution in [0.25, 0.3) is 11.5 Å². The number of amides is 2. The third kappa shape index (κ3) is 4.89. The molecule has 1 aliphatic rings. The van der Waals surface area contributed by atoms with Crippen LogP contribution in [0.2, 0.25) is 0 Å². The molecule has 166 valence electrons. The van der Waals surface area contributed by atoms with Crippen LogP contribution >= 0.6 is 0 Å². The lowest BCUT2D eigenvalue weighted by Crippen LogP contribution is -2.48. The number of hydrogen-bond donors (Lipinski definition) is 1. The summed E-state index contributed by atoms with van der Waals surface area (Å²) in [6.45, 7) is 7.17. The van der Waals surface area contributed by atoms with Gasteiger partial charge in [0, 0.05) is 30.8 Å². The second kappa shape index (κ2) is 9.36. The lowest BCUT2D eigenvalue weighted by molar-refractivity contribution is -0.0586. The van der Waals surface area contributed by atoms with Gasteiger partial charge in [-0.1, -0.05) is 30.3 Å². The normalized spacial score (nSPS) is 18.4. The quantitative estimate of drug-likeness (QED) is 0.661. The molecule has 0 radical (unpaired) electrons. The predicted octanol–water partition coefficient (Wildman–Crippen LogP) is 3.83. The van der Waals surface area contributed by atoms with Gasteiger partial charge in [-0.3, -0.25) is 9.59 Å². The van der Waals surface area contributed by atoms with Crippen molar-refractivity contribution in [3.63, 3.8) is 0 Å². The van der Waals surface area contributed by atoms with E-state index in [1.165, 1.54) is 0 Å². The van der Waals surface area contributed by atoms with E-state index < -0.39 is 0 Å². The van der Waals surface area contributed by atoms with Gasteiger partial charge in [0.1, 0.15) is 5.76 Å². The second-order valence-corrected chi connectivity index (χ2v) is 8.14. The number of hydrogen-bond acceptors (Lipinski definition) is 5. The summed E-state index contributed by atoms with van der Waals surface area (Å²) in [5.74, 6) is 0.582. The van der Waals surface area contributed by atoms with E-state index in [2.05, 4.69) is 10.3 Å². The van der Waals surface area contributed by atoms with Crippen LogP contribution in [0.15, 0.2) is 59.0 Å². The molecule has 4 rings (SSSR count). The molecule has 0 saturated carbocycles. The van der Waals surface area contributed by atoms with Gasteiger partial charge in [0.2, 0.25) is 5.89 Å². The number of rotatable bonds is 5. The van der Waals surface area contributed by atoms with Crippen LogP contribution in [0.5, 0.6) is 0 Å². The molecule has 1 N–H and O–H groups in total. The van der Waals surface area contributed by atoms with E-state index in [0.29, 0.717) is 36.8 Å². The SMILES string of the molecule is Cc1oc(-c2ccccc2)nc1C(=O)NCc1ccc(C(=O)N2CC(C)OC(C)C2)cc1. The number of morpholine rings is 1. The highest BCUT2D eigenvalue weighted by atomic mass is 16.5. The average Bonchev–Trinajstić information content (AvgIpc) is 3.19. The molecule has 2 heterocycles. The van der Waals surface area contributed by atoms with Crippen molar-refractivity contribution in [3.05, 3.63) is 77.2 Å². The highest BCUT2D eigenvalue weighted by Crippen LogP contribution is 2.21. The van der Waals surface area contributed by atoms with Crippen LogP contribution < -0.4 is 5.32 Å². The van der Waals surface area contributed by atoms with Gasteiger partial charge in [-0.15, -0.1) is 0 Å². The van der Waals surface area contributed by atoms with Gasteiger partial charge in [0.25, 0.3) is 11.8 Å². The molecule has 2 atom stereocenters. The molecule has 1 saturated heterocycles. The van der Waals surface area contributed by atoms with E-state index in [-0.39, 0.29) is 29.7 Å². The van der Waals surface area contributed by atoms with Gasteiger partial charge in [-0.2, -0.15) is 0 Å². The molecule has 32 heavy (non-hydrogen) atoms. The van der Waals surface area contributed by atoms with Gasteiger partial charge in [0.05, 0.1) is 12.2 Å². The van der Waals surface area contributed by atoms with E-state index >= 15 is 0 Å². The summed E-state index contributed by atoms with van der Waals surface area (Å²) in [4.78, 5) is 31.6. The Balaban J connectivity index is 1.37. The topological polar surface area (TPSA) is 84.7 Å². The molecule has 7 heteroatoms. The number of oxazole rings is 1. The molecule has 2 aromatic carbocycles. The number of aryl methyl sites for hydroxylation is 1. The largest absolute Gasteiger partial charge is 0.441 e. The van der Waals surface area contributed by atoms with E-state index in [0.717, 1.165) is 11.1 Å². The van der Waals surface area contributed by atoms with Crippen molar-refractivity contribution in [1.82, 2.24) is 15.2 Å². The Morgan fingerprint density at radius 1 is 1.03 bits per heavy atom. The summed E-state index contributed by atoms with van der Waals surface area (Å²) in [6.07, 6.45) is 0.0548. The number of carbonyl (C=O) groups excluding carboxylic acids is 2. The zero-order valence-corrected chi connectivity index (χ0v) is 18.5. The van der Waals surface area contributed by atoms with Crippen molar-refractivity contribution in [1.29, 1.82) is 0 Å². The van der Waals surface area contributed by atoms with Crippen LogP contribution in [0.1, 0.15) is 46.0 Å². The van der Waals surface area contributed by atoms with Crippen molar-refractivity contribution in [2.24, 2.45) is 0 Å². The Morgan fingerprint density at radius 3 is 2.34 bits per heavy atom. The lowest BCUT2D eigenvalue weighted by atomic mass is 10.1. The molecule has 0 bridgehead atoms. The Kier molecular flexibility index (Phi) is 6.37. The highest BCUT2D eigenvalue weighted by molar-refractivity contribution is 5.95. The van der Waals surface area contributed by atoms with Gasteiger partial charge in [0.15, 0.2) is 5.69 Å². The molecule has 0 aliphatic carbocycles. The van der Waals surface area contributed by atoms with Crippen LogP contribution in [0.4, 0.5) is 0 Å². The van der Waals surface area contributed by atoms with E-state index in [9.17, 15) is 9.59 Å². The fourth-order valence-corrected chi connectivity index (χ4v) is 3.87. The fourth-order valence-electron chi connectivity index (χ4n) is 3.87. The average molecular weight is 434 g/mol. The standard InChI is InChI=1S/C25H27N3O4/c1-16-14-28(15-17(2)31-16)25(30)21-11-9-19(10-12-21)13-26-23(29)22-18(3)32-24(27-22)20-7-5-4-6-8-20/h4-12,16-17H,13-15H2,1-3H3,(H,26,29). The van der Waals surface area contributed by atoms with Crippen molar-refractivity contribution in [2.75, 3.05) is 13.1 Å².